The Labute approximate surface area is 121 Å². The summed E-state index contributed by atoms with van der Waals surface area (Å²) in [5, 5.41) is 4.41. The molecule has 2 nitrogen and oxygen atoms in total. The summed E-state index contributed by atoms with van der Waals surface area (Å²) in [6.45, 7) is 3.08. The van der Waals surface area contributed by atoms with Gasteiger partial charge < -0.3 is 5.32 Å². The molecule has 1 N–H and O–H groups in total. The minimum Gasteiger partial charge on any atom is -0.315 e. The van der Waals surface area contributed by atoms with Crippen molar-refractivity contribution in [3.63, 3.8) is 0 Å². The van der Waals surface area contributed by atoms with Crippen LogP contribution in [-0.2, 0) is 19.4 Å². The second kappa shape index (κ2) is 6.45. The highest BCUT2D eigenvalue weighted by molar-refractivity contribution is 9.10. The molecule has 0 saturated carbocycles. The maximum Gasteiger partial charge on any atom is 0.0975 e. The number of nitrogens with one attached hydrogen (secondary N) is 1. The van der Waals surface area contributed by atoms with Crippen LogP contribution in [0.15, 0.2) is 28.7 Å². The summed E-state index contributed by atoms with van der Waals surface area (Å²) >= 11 is 5.41. The summed E-state index contributed by atoms with van der Waals surface area (Å²) in [5.74, 6) is 0. The van der Waals surface area contributed by atoms with Crippen LogP contribution in [0.1, 0.15) is 28.1 Å². The van der Waals surface area contributed by atoms with Crippen LogP contribution in [0.4, 0.5) is 0 Å². The summed E-state index contributed by atoms with van der Waals surface area (Å²) in [7, 11) is 1.98. The molecule has 0 aliphatic rings. The lowest BCUT2D eigenvalue weighted by molar-refractivity contribution is 0.813. The second-order valence-electron chi connectivity index (χ2n) is 4.13. The van der Waals surface area contributed by atoms with Crippen LogP contribution in [0.2, 0.25) is 0 Å². The van der Waals surface area contributed by atoms with E-state index >= 15 is 0 Å². The molecular weight excluding hydrogens is 308 g/mol. The van der Waals surface area contributed by atoms with Gasteiger partial charge >= 0.3 is 0 Å². The van der Waals surface area contributed by atoms with Crippen molar-refractivity contribution in [2.75, 3.05) is 7.05 Å². The molecule has 0 bridgehead atoms. The topological polar surface area (TPSA) is 24.9 Å². The Morgan fingerprint density at radius 3 is 2.78 bits per heavy atom. The number of thiazole rings is 1. The number of hydrogen-bond donors (Lipinski definition) is 1. The summed E-state index contributed by atoms with van der Waals surface area (Å²) in [6, 6.07) is 8.34. The van der Waals surface area contributed by atoms with Crippen molar-refractivity contribution >= 4 is 27.3 Å². The van der Waals surface area contributed by atoms with Gasteiger partial charge in [0.2, 0.25) is 0 Å². The molecule has 18 heavy (non-hydrogen) atoms. The van der Waals surface area contributed by atoms with Crippen molar-refractivity contribution in [1.29, 1.82) is 0 Å². The fourth-order valence-corrected chi connectivity index (χ4v) is 3.51. The Morgan fingerprint density at radius 1 is 1.33 bits per heavy atom. The van der Waals surface area contributed by atoms with Crippen molar-refractivity contribution in [3.05, 3.63) is 49.9 Å². The molecule has 0 fully saturated rings. The molecule has 0 unspecified atom stereocenters. The highest BCUT2D eigenvalue weighted by Crippen LogP contribution is 2.24. The van der Waals surface area contributed by atoms with Gasteiger partial charge in [0, 0.05) is 22.3 Å². The van der Waals surface area contributed by atoms with Gasteiger partial charge in [0.15, 0.2) is 0 Å². The number of benzene rings is 1. The predicted molar refractivity (Wildman–Crippen MR) is 81.2 cm³/mol. The number of halogens is 1. The van der Waals surface area contributed by atoms with Gasteiger partial charge in [-0.2, -0.15) is 0 Å². The number of nitrogens with zero attached hydrogens (tertiary/aromatic N) is 1. The van der Waals surface area contributed by atoms with Crippen LogP contribution in [0.3, 0.4) is 0 Å². The highest BCUT2D eigenvalue weighted by atomic mass is 79.9. The largest absolute Gasteiger partial charge is 0.315 e. The molecular formula is C14H17BrN2S. The zero-order valence-corrected chi connectivity index (χ0v) is 13.1. The van der Waals surface area contributed by atoms with Crippen molar-refractivity contribution in [1.82, 2.24) is 10.3 Å². The van der Waals surface area contributed by atoms with E-state index in [-0.39, 0.29) is 0 Å². The first-order valence-corrected chi connectivity index (χ1v) is 7.71. The minimum absolute atomic E-state index is 0.906. The van der Waals surface area contributed by atoms with Crippen molar-refractivity contribution < 1.29 is 0 Å². The summed E-state index contributed by atoms with van der Waals surface area (Å²) in [4.78, 5) is 6.10. The fraction of sp³-hybridized carbons (Fsp3) is 0.357. The molecule has 0 radical (unpaired) electrons. The molecule has 2 aromatic rings. The monoisotopic (exact) mass is 324 g/mol. The average molecular weight is 325 g/mol. The standard InChI is InChI=1S/C14H17BrN2S/c1-3-12-13(9-16-2)18-14(17-12)8-10-6-4-5-7-11(10)15/h4-7,16H,3,8-9H2,1-2H3. The normalized spacial score (nSPS) is 10.8. The van der Waals surface area contributed by atoms with Crippen LogP contribution in [0, 0.1) is 0 Å². The molecule has 1 heterocycles. The Hall–Kier alpha value is -0.710. The number of aryl methyl sites for hydroxylation is 1. The van der Waals surface area contributed by atoms with E-state index in [4.69, 9.17) is 4.98 Å². The average Bonchev–Trinajstić information content (AvgIpc) is 2.75. The zero-order valence-electron chi connectivity index (χ0n) is 10.7. The van der Waals surface area contributed by atoms with E-state index in [0.29, 0.717) is 0 Å². The van der Waals surface area contributed by atoms with Gasteiger partial charge in [-0.25, -0.2) is 4.98 Å². The molecule has 4 heteroatoms. The van der Waals surface area contributed by atoms with Gasteiger partial charge in [-0.3, -0.25) is 0 Å². The van der Waals surface area contributed by atoms with Gasteiger partial charge in [0.25, 0.3) is 0 Å². The molecule has 0 aliphatic heterocycles. The Balaban J connectivity index is 2.22. The maximum atomic E-state index is 4.74. The lowest BCUT2D eigenvalue weighted by Crippen LogP contribution is -2.05. The number of rotatable bonds is 5. The molecule has 2 rings (SSSR count). The lowest BCUT2D eigenvalue weighted by atomic mass is 10.2. The first kappa shape index (κ1) is 13.7. The van der Waals surface area contributed by atoms with Gasteiger partial charge in [0.1, 0.15) is 0 Å². The van der Waals surface area contributed by atoms with Gasteiger partial charge in [0.05, 0.1) is 10.7 Å². The second-order valence-corrected chi connectivity index (χ2v) is 6.15. The maximum absolute atomic E-state index is 4.74. The molecule has 0 aliphatic carbocycles. The van der Waals surface area contributed by atoms with E-state index < -0.39 is 0 Å². The zero-order chi connectivity index (χ0) is 13.0. The Bertz CT molecular complexity index is 522. The highest BCUT2D eigenvalue weighted by Gasteiger charge is 2.10. The van der Waals surface area contributed by atoms with Crippen molar-refractivity contribution in [2.45, 2.75) is 26.3 Å². The van der Waals surface area contributed by atoms with Crippen LogP contribution in [-0.4, -0.2) is 12.0 Å². The quantitative estimate of drug-likeness (QED) is 0.905. The first-order valence-electron chi connectivity index (χ1n) is 6.10. The fourth-order valence-electron chi connectivity index (χ4n) is 1.89. The molecule has 1 aromatic heterocycles. The Kier molecular flexibility index (Phi) is 4.92. The third kappa shape index (κ3) is 3.19. The van der Waals surface area contributed by atoms with Crippen LogP contribution in [0.25, 0.3) is 0 Å². The third-order valence-electron chi connectivity index (χ3n) is 2.79. The van der Waals surface area contributed by atoms with E-state index in [1.54, 1.807) is 0 Å². The Morgan fingerprint density at radius 2 is 2.11 bits per heavy atom. The van der Waals surface area contributed by atoms with E-state index in [0.717, 1.165) is 23.9 Å². The first-order chi connectivity index (χ1) is 8.74. The van der Waals surface area contributed by atoms with E-state index in [1.807, 2.05) is 24.5 Å². The molecule has 0 spiro atoms. The third-order valence-corrected chi connectivity index (χ3v) is 4.67. The van der Waals surface area contributed by atoms with E-state index in [1.165, 1.54) is 21.1 Å². The number of hydrogen-bond acceptors (Lipinski definition) is 3. The predicted octanol–water partition coefficient (Wildman–Crippen LogP) is 3.78. The molecule has 96 valence electrons. The molecule has 0 saturated heterocycles. The van der Waals surface area contributed by atoms with E-state index in [9.17, 15) is 0 Å². The summed E-state index contributed by atoms with van der Waals surface area (Å²) < 4.78 is 1.16. The molecule has 0 atom stereocenters. The molecule has 0 amide bonds. The van der Waals surface area contributed by atoms with Gasteiger partial charge in [-0.05, 0) is 25.1 Å². The number of aromatic nitrogens is 1. The van der Waals surface area contributed by atoms with Crippen LogP contribution >= 0.6 is 27.3 Å². The summed E-state index contributed by atoms with van der Waals surface area (Å²) in [6.07, 6.45) is 1.91. The van der Waals surface area contributed by atoms with Gasteiger partial charge in [-0.1, -0.05) is 41.1 Å². The molecule has 1 aromatic carbocycles. The van der Waals surface area contributed by atoms with Crippen molar-refractivity contribution in [3.8, 4) is 0 Å². The minimum atomic E-state index is 0.906. The summed E-state index contributed by atoms with van der Waals surface area (Å²) in [5.41, 5.74) is 2.53. The lowest BCUT2D eigenvalue weighted by Gasteiger charge is -2.00. The smallest absolute Gasteiger partial charge is 0.0975 e. The SMILES string of the molecule is CCc1nc(Cc2ccccc2Br)sc1CNC. The van der Waals surface area contributed by atoms with Gasteiger partial charge in [-0.15, -0.1) is 11.3 Å². The van der Waals surface area contributed by atoms with E-state index in [2.05, 4.69) is 46.4 Å². The van der Waals surface area contributed by atoms with Crippen LogP contribution in [0.5, 0.6) is 0 Å². The van der Waals surface area contributed by atoms with Crippen molar-refractivity contribution in [2.24, 2.45) is 0 Å². The van der Waals surface area contributed by atoms with Crippen LogP contribution < -0.4 is 5.32 Å².